The number of hydrogen-bond donors (Lipinski definition) is 2. The number of hydrogen-bond acceptors (Lipinski definition) is 4. The molecule has 0 bridgehead atoms. The van der Waals surface area contributed by atoms with Crippen LogP contribution in [0.3, 0.4) is 0 Å². The van der Waals surface area contributed by atoms with Crippen LogP contribution < -0.4 is 20.3 Å². The fourth-order valence-corrected chi connectivity index (χ4v) is 3.75. The van der Waals surface area contributed by atoms with Gasteiger partial charge in [-0.2, -0.15) is 0 Å². The van der Waals surface area contributed by atoms with Crippen LogP contribution in [-0.4, -0.2) is 29.7 Å². The molecule has 1 heterocycles. The lowest BCUT2D eigenvalue weighted by atomic mass is 10.0. The van der Waals surface area contributed by atoms with Crippen molar-refractivity contribution in [3.8, 4) is 5.75 Å². The summed E-state index contributed by atoms with van der Waals surface area (Å²) in [5.74, 6) is 0.393. The van der Waals surface area contributed by atoms with E-state index in [1.807, 2.05) is 32.0 Å². The molecule has 3 rings (SSSR count). The fraction of sp³-hybridized carbons (Fsp3) is 0.391. The SMILES string of the molecule is CC(C)Oc1cccc(C(=O)NC(=S)Nc2ccc(N3CCCC[C@@H]3C)cc2)c1. The molecular formula is C23H29N3O2S. The van der Waals surface area contributed by atoms with Gasteiger partial charge in [0.15, 0.2) is 5.11 Å². The first-order valence-corrected chi connectivity index (χ1v) is 10.6. The second-order valence-electron chi connectivity index (χ2n) is 7.69. The van der Waals surface area contributed by atoms with Crippen molar-refractivity contribution in [1.29, 1.82) is 0 Å². The molecule has 0 aromatic heterocycles. The van der Waals surface area contributed by atoms with Crippen LogP contribution in [0.4, 0.5) is 11.4 Å². The van der Waals surface area contributed by atoms with Crippen LogP contribution in [0.2, 0.25) is 0 Å². The number of rotatable bonds is 5. The molecule has 1 aliphatic rings. The van der Waals surface area contributed by atoms with Crippen LogP contribution in [-0.2, 0) is 0 Å². The van der Waals surface area contributed by atoms with Gasteiger partial charge in [-0.1, -0.05) is 6.07 Å². The van der Waals surface area contributed by atoms with Gasteiger partial charge in [0, 0.05) is 29.5 Å². The van der Waals surface area contributed by atoms with Crippen LogP contribution in [0.15, 0.2) is 48.5 Å². The van der Waals surface area contributed by atoms with Gasteiger partial charge < -0.3 is 15.0 Å². The predicted octanol–water partition coefficient (Wildman–Crippen LogP) is 4.98. The minimum Gasteiger partial charge on any atom is -0.491 e. The Morgan fingerprint density at radius 2 is 1.93 bits per heavy atom. The molecule has 0 saturated carbocycles. The summed E-state index contributed by atoms with van der Waals surface area (Å²) < 4.78 is 5.64. The third-order valence-electron chi connectivity index (χ3n) is 4.95. The number of nitrogens with zero attached hydrogens (tertiary/aromatic N) is 1. The average molecular weight is 412 g/mol. The van der Waals surface area contributed by atoms with E-state index in [1.54, 1.807) is 18.2 Å². The number of ether oxygens (including phenoxy) is 1. The number of thiocarbonyl (C=S) groups is 1. The highest BCUT2D eigenvalue weighted by Crippen LogP contribution is 2.25. The average Bonchev–Trinajstić information content (AvgIpc) is 2.69. The minimum atomic E-state index is -0.268. The number of carbonyl (C=O) groups excluding carboxylic acids is 1. The van der Waals surface area contributed by atoms with Gasteiger partial charge in [-0.05, 0) is 94.7 Å². The summed E-state index contributed by atoms with van der Waals surface area (Å²) in [6.45, 7) is 7.27. The zero-order valence-corrected chi connectivity index (χ0v) is 18.1. The van der Waals surface area contributed by atoms with Gasteiger partial charge in [0.2, 0.25) is 0 Å². The van der Waals surface area contributed by atoms with Crippen molar-refractivity contribution >= 4 is 34.6 Å². The summed E-state index contributed by atoms with van der Waals surface area (Å²) in [6.07, 6.45) is 3.83. The van der Waals surface area contributed by atoms with E-state index >= 15 is 0 Å². The Bertz CT molecular complexity index is 851. The molecule has 1 amide bonds. The predicted molar refractivity (Wildman–Crippen MR) is 123 cm³/mol. The lowest BCUT2D eigenvalue weighted by molar-refractivity contribution is 0.0977. The Labute approximate surface area is 178 Å². The molecule has 0 spiro atoms. The van der Waals surface area contributed by atoms with Crippen LogP contribution >= 0.6 is 12.2 Å². The molecule has 6 heteroatoms. The first-order chi connectivity index (χ1) is 13.9. The number of piperidine rings is 1. The second-order valence-corrected chi connectivity index (χ2v) is 8.10. The van der Waals surface area contributed by atoms with Crippen LogP contribution in [0.1, 0.15) is 50.4 Å². The van der Waals surface area contributed by atoms with Gasteiger partial charge in [-0.15, -0.1) is 0 Å². The van der Waals surface area contributed by atoms with Crippen molar-refractivity contribution < 1.29 is 9.53 Å². The monoisotopic (exact) mass is 411 g/mol. The van der Waals surface area contributed by atoms with E-state index < -0.39 is 0 Å². The van der Waals surface area contributed by atoms with E-state index in [1.165, 1.54) is 24.9 Å². The smallest absolute Gasteiger partial charge is 0.257 e. The Morgan fingerprint density at radius 3 is 2.62 bits per heavy atom. The summed E-state index contributed by atoms with van der Waals surface area (Å²) in [6, 6.07) is 15.8. The number of benzene rings is 2. The number of carbonyl (C=O) groups is 1. The first kappa shape index (κ1) is 21.1. The van der Waals surface area contributed by atoms with Crippen LogP contribution in [0.25, 0.3) is 0 Å². The van der Waals surface area contributed by atoms with E-state index in [4.69, 9.17) is 17.0 Å². The summed E-state index contributed by atoms with van der Waals surface area (Å²) in [7, 11) is 0. The van der Waals surface area contributed by atoms with Crippen molar-refractivity contribution in [3.63, 3.8) is 0 Å². The normalized spacial score (nSPS) is 16.4. The fourth-order valence-electron chi connectivity index (χ4n) is 3.54. The van der Waals surface area contributed by atoms with E-state index in [2.05, 4.69) is 34.6 Å². The van der Waals surface area contributed by atoms with Gasteiger partial charge in [-0.25, -0.2) is 0 Å². The number of nitrogens with one attached hydrogen (secondary N) is 2. The second kappa shape index (κ2) is 9.74. The van der Waals surface area contributed by atoms with E-state index in [0.29, 0.717) is 17.4 Å². The first-order valence-electron chi connectivity index (χ1n) is 10.2. The van der Waals surface area contributed by atoms with E-state index in [9.17, 15) is 4.79 Å². The highest BCUT2D eigenvalue weighted by molar-refractivity contribution is 7.80. The molecule has 0 unspecified atom stereocenters. The summed E-state index contributed by atoms with van der Waals surface area (Å²) in [5, 5.41) is 6.07. The molecule has 0 aliphatic carbocycles. The summed E-state index contributed by atoms with van der Waals surface area (Å²) in [4.78, 5) is 14.9. The number of anilines is 2. The maximum absolute atomic E-state index is 12.5. The Morgan fingerprint density at radius 1 is 1.17 bits per heavy atom. The van der Waals surface area contributed by atoms with Crippen molar-refractivity contribution in [1.82, 2.24) is 5.32 Å². The topological polar surface area (TPSA) is 53.6 Å². The molecule has 1 fully saturated rings. The maximum Gasteiger partial charge on any atom is 0.257 e. The molecule has 1 saturated heterocycles. The van der Waals surface area contributed by atoms with Gasteiger partial charge in [-0.3, -0.25) is 10.1 Å². The largest absolute Gasteiger partial charge is 0.491 e. The Kier molecular flexibility index (Phi) is 7.09. The van der Waals surface area contributed by atoms with Crippen molar-refractivity contribution in [2.45, 2.75) is 52.2 Å². The molecule has 29 heavy (non-hydrogen) atoms. The van der Waals surface area contributed by atoms with Gasteiger partial charge >= 0.3 is 0 Å². The minimum absolute atomic E-state index is 0.0481. The molecule has 2 aromatic rings. The van der Waals surface area contributed by atoms with Crippen molar-refractivity contribution in [2.24, 2.45) is 0 Å². The lowest BCUT2D eigenvalue weighted by Gasteiger charge is -2.35. The zero-order chi connectivity index (χ0) is 20.8. The molecule has 5 nitrogen and oxygen atoms in total. The number of amides is 1. The molecular weight excluding hydrogens is 382 g/mol. The Balaban J connectivity index is 1.57. The highest BCUT2D eigenvalue weighted by Gasteiger charge is 2.18. The molecule has 1 aliphatic heterocycles. The van der Waals surface area contributed by atoms with E-state index in [0.717, 1.165) is 12.2 Å². The molecule has 0 radical (unpaired) electrons. The molecule has 2 N–H and O–H groups in total. The van der Waals surface area contributed by atoms with Gasteiger partial charge in [0.05, 0.1) is 6.10 Å². The van der Waals surface area contributed by atoms with Gasteiger partial charge in [0.1, 0.15) is 5.75 Å². The lowest BCUT2D eigenvalue weighted by Crippen LogP contribution is -2.37. The van der Waals surface area contributed by atoms with E-state index in [-0.39, 0.29) is 17.1 Å². The van der Waals surface area contributed by atoms with Crippen LogP contribution in [0, 0.1) is 0 Å². The quantitative estimate of drug-likeness (QED) is 0.680. The summed E-state index contributed by atoms with van der Waals surface area (Å²) in [5.41, 5.74) is 2.57. The third-order valence-corrected chi connectivity index (χ3v) is 5.16. The summed E-state index contributed by atoms with van der Waals surface area (Å²) >= 11 is 5.31. The maximum atomic E-state index is 12.5. The highest BCUT2D eigenvalue weighted by atomic mass is 32.1. The van der Waals surface area contributed by atoms with Crippen LogP contribution in [0.5, 0.6) is 5.75 Å². The molecule has 2 aromatic carbocycles. The van der Waals surface area contributed by atoms with Crippen molar-refractivity contribution in [2.75, 3.05) is 16.8 Å². The standard InChI is InChI=1S/C23H29N3O2S/c1-16(2)28-21-9-6-8-18(15-21)22(27)25-23(29)24-19-10-12-20(13-11-19)26-14-5-4-7-17(26)3/h6,8-13,15-17H,4-5,7,14H2,1-3H3,(H2,24,25,27,29)/t17-/m0/s1. The van der Waals surface area contributed by atoms with Gasteiger partial charge in [0.25, 0.3) is 5.91 Å². The zero-order valence-electron chi connectivity index (χ0n) is 17.3. The Hall–Kier alpha value is -2.60. The third kappa shape index (κ3) is 5.94. The molecule has 1 atom stereocenters. The molecule has 154 valence electrons. The van der Waals surface area contributed by atoms with Crippen molar-refractivity contribution in [3.05, 3.63) is 54.1 Å².